The Morgan fingerprint density at radius 2 is 1.95 bits per heavy atom. The SMILES string of the molecule is Cc1cccc(OCC(=O)N[C@H](C(=O)O)C(C)C)c1C. The summed E-state index contributed by atoms with van der Waals surface area (Å²) in [5.41, 5.74) is 2.05. The summed E-state index contributed by atoms with van der Waals surface area (Å²) in [4.78, 5) is 22.7. The topological polar surface area (TPSA) is 75.6 Å². The van der Waals surface area contributed by atoms with Crippen molar-refractivity contribution < 1.29 is 19.4 Å². The molecule has 1 aromatic rings. The molecule has 0 spiro atoms. The van der Waals surface area contributed by atoms with Crippen LogP contribution >= 0.6 is 0 Å². The van der Waals surface area contributed by atoms with Crippen LogP contribution in [0.25, 0.3) is 0 Å². The van der Waals surface area contributed by atoms with Crippen molar-refractivity contribution in [2.45, 2.75) is 33.7 Å². The molecule has 0 bridgehead atoms. The molecule has 0 radical (unpaired) electrons. The lowest BCUT2D eigenvalue weighted by atomic mass is 10.1. The van der Waals surface area contributed by atoms with Crippen LogP contribution in [0.1, 0.15) is 25.0 Å². The lowest BCUT2D eigenvalue weighted by Gasteiger charge is -2.18. The van der Waals surface area contributed by atoms with Gasteiger partial charge in [-0.2, -0.15) is 0 Å². The average molecular weight is 279 g/mol. The monoisotopic (exact) mass is 279 g/mol. The van der Waals surface area contributed by atoms with E-state index in [1.54, 1.807) is 19.9 Å². The first-order valence-corrected chi connectivity index (χ1v) is 6.54. The van der Waals surface area contributed by atoms with E-state index in [0.717, 1.165) is 11.1 Å². The molecule has 1 amide bonds. The van der Waals surface area contributed by atoms with Crippen molar-refractivity contribution in [2.24, 2.45) is 5.92 Å². The third kappa shape index (κ3) is 4.26. The second-order valence-electron chi connectivity index (χ2n) is 5.11. The van der Waals surface area contributed by atoms with Crippen LogP contribution in [0.15, 0.2) is 18.2 Å². The Balaban J connectivity index is 2.59. The van der Waals surface area contributed by atoms with E-state index < -0.39 is 17.9 Å². The molecule has 0 saturated carbocycles. The Morgan fingerprint density at radius 3 is 2.50 bits per heavy atom. The van der Waals surface area contributed by atoms with Crippen LogP contribution in [0.4, 0.5) is 0 Å². The van der Waals surface area contributed by atoms with E-state index in [0.29, 0.717) is 5.75 Å². The summed E-state index contributed by atoms with van der Waals surface area (Å²) < 4.78 is 5.43. The maximum atomic E-state index is 11.7. The molecule has 0 aromatic heterocycles. The largest absolute Gasteiger partial charge is 0.483 e. The van der Waals surface area contributed by atoms with Crippen molar-refractivity contribution in [1.29, 1.82) is 0 Å². The lowest BCUT2D eigenvalue weighted by Crippen LogP contribution is -2.46. The highest BCUT2D eigenvalue weighted by Gasteiger charge is 2.23. The van der Waals surface area contributed by atoms with Crippen LogP contribution in [0, 0.1) is 19.8 Å². The highest BCUT2D eigenvalue weighted by atomic mass is 16.5. The van der Waals surface area contributed by atoms with Crippen molar-refractivity contribution in [1.82, 2.24) is 5.32 Å². The molecular weight excluding hydrogens is 258 g/mol. The van der Waals surface area contributed by atoms with Gasteiger partial charge in [0.1, 0.15) is 11.8 Å². The van der Waals surface area contributed by atoms with Crippen molar-refractivity contribution >= 4 is 11.9 Å². The minimum absolute atomic E-state index is 0.183. The summed E-state index contributed by atoms with van der Waals surface area (Å²) in [6, 6.07) is 4.70. The maximum Gasteiger partial charge on any atom is 0.326 e. The predicted molar refractivity (Wildman–Crippen MR) is 75.8 cm³/mol. The van der Waals surface area contributed by atoms with Crippen molar-refractivity contribution in [2.75, 3.05) is 6.61 Å². The number of aliphatic carboxylic acids is 1. The van der Waals surface area contributed by atoms with Gasteiger partial charge in [-0.15, -0.1) is 0 Å². The molecule has 0 aliphatic rings. The highest BCUT2D eigenvalue weighted by Crippen LogP contribution is 2.20. The molecule has 5 heteroatoms. The quantitative estimate of drug-likeness (QED) is 0.834. The maximum absolute atomic E-state index is 11.7. The zero-order valence-electron chi connectivity index (χ0n) is 12.3. The van der Waals surface area contributed by atoms with Crippen LogP contribution in [-0.2, 0) is 9.59 Å². The fourth-order valence-electron chi connectivity index (χ4n) is 1.75. The molecule has 20 heavy (non-hydrogen) atoms. The van der Waals surface area contributed by atoms with Crippen LogP contribution in [0.2, 0.25) is 0 Å². The number of aryl methyl sites for hydroxylation is 1. The molecule has 0 fully saturated rings. The summed E-state index contributed by atoms with van der Waals surface area (Å²) in [6.07, 6.45) is 0. The number of rotatable bonds is 6. The molecule has 110 valence electrons. The molecule has 0 unspecified atom stereocenters. The number of carbonyl (C=O) groups excluding carboxylic acids is 1. The van der Waals surface area contributed by atoms with Crippen LogP contribution in [0.5, 0.6) is 5.75 Å². The average Bonchev–Trinajstić information content (AvgIpc) is 2.37. The van der Waals surface area contributed by atoms with Gasteiger partial charge in [-0.05, 0) is 37.0 Å². The van der Waals surface area contributed by atoms with Gasteiger partial charge in [0, 0.05) is 0 Å². The molecule has 1 aromatic carbocycles. The highest BCUT2D eigenvalue weighted by molar-refractivity contribution is 5.84. The number of amides is 1. The van der Waals surface area contributed by atoms with Gasteiger partial charge in [0.25, 0.3) is 5.91 Å². The number of carboxylic acid groups (broad SMARTS) is 1. The van der Waals surface area contributed by atoms with Gasteiger partial charge in [-0.1, -0.05) is 26.0 Å². The standard InChI is InChI=1S/C15H21NO4/c1-9(2)14(15(18)19)16-13(17)8-20-12-7-5-6-10(3)11(12)4/h5-7,9,14H,8H2,1-4H3,(H,16,17)(H,18,19)/t14-/m0/s1. The second-order valence-corrected chi connectivity index (χ2v) is 5.11. The van der Waals surface area contributed by atoms with E-state index >= 15 is 0 Å². The van der Waals surface area contributed by atoms with Gasteiger partial charge in [-0.3, -0.25) is 4.79 Å². The fraction of sp³-hybridized carbons (Fsp3) is 0.467. The van der Waals surface area contributed by atoms with E-state index in [4.69, 9.17) is 9.84 Å². The van der Waals surface area contributed by atoms with Crippen molar-refractivity contribution in [3.63, 3.8) is 0 Å². The zero-order chi connectivity index (χ0) is 15.3. The van der Waals surface area contributed by atoms with E-state index in [-0.39, 0.29) is 12.5 Å². The van der Waals surface area contributed by atoms with Crippen LogP contribution < -0.4 is 10.1 Å². The van der Waals surface area contributed by atoms with Crippen LogP contribution in [0.3, 0.4) is 0 Å². The van der Waals surface area contributed by atoms with Crippen LogP contribution in [-0.4, -0.2) is 29.6 Å². The number of benzene rings is 1. The van der Waals surface area contributed by atoms with Gasteiger partial charge in [0.15, 0.2) is 6.61 Å². The third-order valence-corrected chi connectivity index (χ3v) is 3.16. The number of carbonyl (C=O) groups is 2. The summed E-state index contributed by atoms with van der Waals surface area (Å²) >= 11 is 0. The molecule has 0 saturated heterocycles. The lowest BCUT2D eigenvalue weighted by molar-refractivity contribution is -0.143. The van der Waals surface area contributed by atoms with Gasteiger partial charge in [0.05, 0.1) is 0 Å². The summed E-state index contributed by atoms with van der Waals surface area (Å²) in [7, 11) is 0. The first-order chi connectivity index (χ1) is 9.32. The van der Waals surface area contributed by atoms with Gasteiger partial charge < -0.3 is 15.2 Å². The van der Waals surface area contributed by atoms with E-state index in [1.165, 1.54) is 0 Å². The Hall–Kier alpha value is -2.04. The summed E-state index contributed by atoms with van der Waals surface area (Å²) in [5.74, 6) is -1.03. The van der Waals surface area contributed by atoms with Gasteiger partial charge in [0.2, 0.25) is 0 Å². The number of nitrogens with one attached hydrogen (secondary N) is 1. The third-order valence-electron chi connectivity index (χ3n) is 3.16. The second kappa shape index (κ2) is 6.93. The Bertz CT molecular complexity index is 497. The van der Waals surface area contributed by atoms with E-state index in [2.05, 4.69) is 5.32 Å². The predicted octanol–water partition coefficient (Wildman–Crippen LogP) is 1.91. The van der Waals surface area contributed by atoms with E-state index in [1.807, 2.05) is 26.0 Å². The van der Waals surface area contributed by atoms with E-state index in [9.17, 15) is 9.59 Å². The minimum Gasteiger partial charge on any atom is -0.483 e. The molecule has 1 atom stereocenters. The number of ether oxygens (including phenoxy) is 1. The van der Waals surface area contributed by atoms with Crippen molar-refractivity contribution in [3.8, 4) is 5.75 Å². The Morgan fingerprint density at radius 1 is 1.30 bits per heavy atom. The fourth-order valence-corrected chi connectivity index (χ4v) is 1.75. The summed E-state index contributed by atoms with van der Waals surface area (Å²) in [5, 5.41) is 11.5. The summed E-state index contributed by atoms with van der Waals surface area (Å²) in [6.45, 7) is 7.16. The molecule has 0 aliphatic carbocycles. The minimum atomic E-state index is -1.04. The zero-order valence-corrected chi connectivity index (χ0v) is 12.3. The molecule has 2 N–H and O–H groups in total. The molecule has 1 rings (SSSR count). The smallest absolute Gasteiger partial charge is 0.326 e. The Kier molecular flexibility index (Phi) is 5.55. The first kappa shape index (κ1) is 16.0. The molecule has 0 aliphatic heterocycles. The van der Waals surface area contributed by atoms with Gasteiger partial charge in [-0.25, -0.2) is 4.79 Å². The molecular formula is C15H21NO4. The number of carboxylic acids is 1. The molecule has 0 heterocycles. The Labute approximate surface area is 118 Å². The molecule has 5 nitrogen and oxygen atoms in total. The number of hydrogen-bond acceptors (Lipinski definition) is 3. The van der Waals surface area contributed by atoms with Gasteiger partial charge >= 0.3 is 5.97 Å². The normalized spacial score (nSPS) is 12.1. The first-order valence-electron chi connectivity index (χ1n) is 6.54. The number of hydrogen-bond donors (Lipinski definition) is 2. The van der Waals surface area contributed by atoms with Crippen molar-refractivity contribution in [3.05, 3.63) is 29.3 Å².